The van der Waals surface area contributed by atoms with Crippen LogP contribution >= 0.6 is 23.2 Å². The zero-order chi connectivity index (χ0) is 15.6. The van der Waals surface area contributed by atoms with Gasteiger partial charge in [0.25, 0.3) is 0 Å². The topological polar surface area (TPSA) is 45.0 Å². The first-order valence-corrected chi connectivity index (χ1v) is 7.20. The predicted octanol–water partition coefficient (Wildman–Crippen LogP) is 4.64. The van der Waals surface area contributed by atoms with Crippen molar-refractivity contribution in [2.75, 3.05) is 0 Å². The second-order valence-corrected chi connectivity index (χ2v) is 6.62. The lowest BCUT2D eigenvalue weighted by atomic mass is 9.89. The summed E-state index contributed by atoms with van der Waals surface area (Å²) in [6, 6.07) is 7.35. The molecule has 0 spiro atoms. The lowest BCUT2D eigenvalue weighted by molar-refractivity contribution is 0.0382. The highest BCUT2D eigenvalue weighted by atomic mass is 35.5. The van der Waals surface area contributed by atoms with Gasteiger partial charge in [0.15, 0.2) is 5.72 Å². The molecule has 20 heavy (non-hydrogen) atoms. The highest BCUT2D eigenvalue weighted by molar-refractivity contribution is 6.35. The smallest absolute Gasteiger partial charge is 0.156 e. The maximum atomic E-state index is 9.36. The van der Waals surface area contributed by atoms with Gasteiger partial charge in [-0.3, -0.25) is 5.32 Å². The van der Waals surface area contributed by atoms with Gasteiger partial charge in [-0.1, -0.05) is 37.0 Å². The van der Waals surface area contributed by atoms with Gasteiger partial charge in [-0.2, -0.15) is 5.26 Å². The molecule has 0 saturated carbocycles. The molecule has 0 radical (unpaired) electrons. The average Bonchev–Trinajstić information content (AvgIpc) is 2.31. The molecule has 0 saturated heterocycles. The monoisotopic (exact) mass is 314 g/mol. The van der Waals surface area contributed by atoms with Crippen LogP contribution < -0.4 is 10.1 Å². The van der Waals surface area contributed by atoms with Gasteiger partial charge in [-0.05, 0) is 44.9 Å². The Balaban J connectivity index is 2.92. The number of ether oxygens (including phenoxy) is 1. The summed E-state index contributed by atoms with van der Waals surface area (Å²) < 4.78 is 5.88. The number of hydrogen-bond donors (Lipinski definition) is 1. The first kappa shape index (κ1) is 17.1. The van der Waals surface area contributed by atoms with Crippen molar-refractivity contribution in [1.82, 2.24) is 5.32 Å². The van der Waals surface area contributed by atoms with E-state index in [1.807, 2.05) is 34.6 Å². The lowest BCUT2D eigenvalue weighted by Crippen LogP contribution is -2.58. The van der Waals surface area contributed by atoms with Gasteiger partial charge in [-0.25, -0.2) is 0 Å². The van der Waals surface area contributed by atoms with Gasteiger partial charge in [0.1, 0.15) is 11.3 Å². The van der Waals surface area contributed by atoms with Crippen LogP contribution in [0.2, 0.25) is 10.0 Å². The Bertz CT molecular complexity index is 523. The largest absolute Gasteiger partial charge is 0.472 e. The summed E-state index contributed by atoms with van der Waals surface area (Å²) in [5.74, 6) is 0.661. The Hall–Kier alpha value is -0.950. The van der Waals surface area contributed by atoms with Crippen LogP contribution in [0.15, 0.2) is 18.2 Å². The molecule has 0 heterocycles. The molecule has 1 unspecified atom stereocenters. The minimum absolute atomic E-state index is 0.135. The summed E-state index contributed by atoms with van der Waals surface area (Å²) in [5.41, 5.74) is -1.44. The molecule has 0 aromatic heterocycles. The summed E-state index contributed by atoms with van der Waals surface area (Å²) in [6.45, 7) is 9.54. The first-order chi connectivity index (χ1) is 9.09. The summed E-state index contributed by atoms with van der Waals surface area (Å²) in [6.07, 6.45) is 0. The molecule has 0 aliphatic carbocycles. The normalized spacial score (nSPS) is 14.8. The molecular weight excluding hydrogens is 295 g/mol. The number of nitrogens with one attached hydrogen (secondary N) is 1. The van der Waals surface area contributed by atoms with Crippen LogP contribution in [0, 0.1) is 17.2 Å². The van der Waals surface area contributed by atoms with Gasteiger partial charge < -0.3 is 4.74 Å². The minimum Gasteiger partial charge on any atom is -0.472 e. The Morgan fingerprint density at radius 2 is 1.85 bits per heavy atom. The second-order valence-electron chi connectivity index (χ2n) is 5.78. The maximum Gasteiger partial charge on any atom is 0.156 e. The van der Waals surface area contributed by atoms with Crippen molar-refractivity contribution in [1.29, 1.82) is 5.26 Å². The molecular formula is C15H20Cl2N2O. The Kier molecular flexibility index (Phi) is 5.32. The molecule has 1 atom stereocenters. The number of hydrogen-bond acceptors (Lipinski definition) is 3. The Morgan fingerprint density at radius 3 is 2.30 bits per heavy atom. The summed E-state index contributed by atoms with van der Waals surface area (Å²) in [4.78, 5) is 0. The molecule has 0 amide bonds. The van der Waals surface area contributed by atoms with Crippen molar-refractivity contribution in [2.45, 2.75) is 45.9 Å². The van der Waals surface area contributed by atoms with Crippen molar-refractivity contribution >= 4 is 23.2 Å². The number of nitriles is 1. The van der Waals surface area contributed by atoms with Crippen LogP contribution in [0.5, 0.6) is 5.75 Å². The number of nitrogens with zero attached hydrogens (tertiary/aromatic N) is 1. The van der Waals surface area contributed by atoms with Gasteiger partial charge in [0.2, 0.25) is 0 Å². The third kappa shape index (κ3) is 4.28. The zero-order valence-electron chi connectivity index (χ0n) is 12.4. The molecule has 110 valence electrons. The van der Waals surface area contributed by atoms with E-state index >= 15 is 0 Å². The van der Waals surface area contributed by atoms with Crippen molar-refractivity contribution in [3.05, 3.63) is 28.2 Å². The Labute approximate surface area is 130 Å². The SMILES string of the molecule is CC(C)C(C)(C#N)NC(C)(C)Oc1ccc(Cl)cc1Cl. The molecule has 3 nitrogen and oxygen atoms in total. The van der Waals surface area contributed by atoms with Crippen LogP contribution in [0.3, 0.4) is 0 Å². The van der Waals surface area contributed by atoms with E-state index in [4.69, 9.17) is 27.9 Å². The van der Waals surface area contributed by atoms with Crippen LogP contribution in [-0.2, 0) is 0 Å². The fourth-order valence-corrected chi connectivity index (χ4v) is 2.23. The quantitative estimate of drug-likeness (QED) is 0.805. The van der Waals surface area contributed by atoms with E-state index in [-0.39, 0.29) is 5.92 Å². The molecule has 0 aliphatic heterocycles. The third-order valence-corrected chi connectivity index (χ3v) is 3.74. The van der Waals surface area contributed by atoms with Crippen LogP contribution in [0.25, 0.3) is 0 Å². The van der Waals surface area contributed by atoms with Crippen molar-refractivity contribution in [2.24, 2.45) is 5.92 Å². The van der Waals surface area contributed by atoms with Crippen molar-refractivity contribution in [3.63, 3.8) is 0 Å². The van der Waals surface area contributed by atoms with E-state index in [9.17, 15) is 5.26 Å². The second kappa shape index (κ2) is 6.22. The summed E-state index contributed by atoms with van der Waals surface area (Å²) in [7, 11) is 0. The van der Waals surface area contributed by atoms with Crippen molar-refractivity contribution < 1.29 is 4.74 Å². The average molecular weight is 315 g/mol. The minimum atomic E-state index is -0.744. The number of halogens is 2. The first-order valence-electron chi connectivity index (χ1n) is 6.44. The van der Waals surface area contributed by atoms with Gasteiger partial charge in [0.05, 0.1) is 11.1 Å². The molecule has 5 heteroatoms. The highest BCUT2D eigenvalue weighted by Gasteiger charge is 2.35. The van der Waals surface area contributed by atoms with E-state index in [0.29, 0.717) is 15.8 Å². The Morgan fingerprint density at radius 1 is 1.25 bits per heavy atom. The molecule has 1 aromatic carbocycles. The predicted molar refractivity (Wildman–Crippen MR) is 83.2 cm³/mol. The van der Waals surface area contributed by atoms with E-state index in [1.165, 1.54) is 0 Å². The lowest BCUT2D eigenvalue weighted by Gasteiger charge is -2.37. The number of benzene rings is 1. The van der Waals surface area contributed by atoms with Crippen LogP contribution in [0.1, 0.15) is 34.6 Å². The van der Waals surface area contributed by atoms with Crippen LogP contribution in [-0.4, -0.2) is 11.3 Å². The molecule has 1 aromatic rings. The summed E-state index contributed by atoms with van der Waals surface area (Å²) in [5, 5.41) is 13.6. The summed E-state index contributed by atoms with van der Waals surface area (Å²) >= 11 is 12.0. The van der Waals surface area contributed by atoms with Gasteiger partial charge >= 0.3 is 0 Å². The van der Waals surface area contributed by atoms with Gasteiger partial charge in [0, 0.05) is 5.02 Å². The molecule has 0 bridgehead atoms. The van der Waals surface area contributed by atoms with Crippen molar-refractivity contribution in [3.8, 4) is 11.8 Å². The molecule has 1 rings (SSSR count). The maximum absolute atomic E-state index is 9.36. The standard InChI is InChI=1S/C15H20Cl2N2O/c1-10(2)15(5,9-18)19-14(3,4)20-13-7-6-11(16)8-12(13)17/h6-8,10,19H,1-5H3. The van der Waals surface area contributed by atoms with E-state index in [0.717, 1.165) is 0 Å². The molecule has 1 N–H and O–H groups in total. The molecule has 0 aliphatic rings. The fourth-order valence-electron chi connectivity index (χ4n) is 1.79. The fraction of sp³-hybridized carbons (Fsp3) is 0.533. The van der Waals surface area contributed by atoms with Crippen LogP contribution in [0.4, 0.5) is 0 Å². The van der Waals surface area contributed by atoms with E-state index in [2.05, 4.69) is 11.4 Å². The number of rotatable bonds is 5. The van der Waals surface area contributed by atoms with E-state index in [1.54, 1.807) is 18.2 Å². The highest BCUT2D eigenvalue weighted by Crippen LogP contribution is 2.31. The third-order valence-electron chi connectivity index (χ3n) is 3.21. The zero-order valence-corrected chi connectivity index (χ0v) is 13.9. The van der Waals surface area contributed by atoms with E-state index < -0.39 is 11.3 Å². The molecule has 0 fully saturated rings. The van der Waals surface area contributed by atoms with Gasteiger partial charge in [-0.15, -0.1) is 0 Å².